The van der Waals surface area contributed by atoms with Gasteiger partial charge in [-0.2, -0.15) is 10.2 Å². The highest BCUT2D eigenvalue weighted by molar-refractivity contribution is 6.32. The van der Waals surface area contributed by atoms with Crippen molar-refractivity contribution in [1.82, 2.24) is 5.43 Å². The van der Waals surface area contributed by atoms with Crippen LogP contribution in [0.4, 0.5) is 14.5 Å². The number of hydrazine groups is 1. The van der Waals surface area contributed by atoms with Crippen molar-refractivity contribution >= 4 is 23.0 Å². The van der Waals surface area contributed by atoms with E-state index in [9.17, 15) is 8.78 Å². The van der Waals surface area contributed by atoms with Crippen molar-refractivity contribution in [1.29, 1.82) is 0 Å². The van der Waals surface area contributed by atoms with E-state index in [1.165, 1.54) is 29.4 Å². The molecular weight excluding hydrogens is 296 g/mol. The molecule has 0 amide bonds. The Hall–Kier alpha value is -2.40. The minimum Gasteiger partial charge on any atom is -0.267 e. The van der Waals surface area contributed by atoms with Gasteiger partial charge in [0.1, 0.15) is 16.8 Å². The quantitative estimate of drug-likeness (QED) is 0.855. The van der Waals surface area contributed by atoms with Gasteiger partial charge in [0.05, 0.1) is 11.4 Å². The summed E-state index contributed by atoms with van der Waals surface area (Å²) >= 11 is 6.05. The van der Waals surface area contributed by atoms with E-state index in [-0.39, 0.29) is 11.6 Å². The van der Waals surface area contributed by atoms with E-state index in [0.29, 0.717) is 16.6 Å². The number of hydrogen-bond acceptors (Lipinski definition) is 3. The Morgan fingerprint density at radius 3 is 2.10 bits per heavy atom. The summed E-state index contributed by atoms with van der Waals surface area (Å²) in [6, 6.07) is 11.7. The number of hydrazone groups is 1. The first kappa shape index (κ1) is 13.6. The Morgan fingerprint density at radius 2 is 1.48 bits per heavy atom. The van der Waals surface area contributed by atoms with Gasteiger partial charge in [0.15, 0.2) is 0 Å². The number of allylic oxidation sites excluding steroid dienone is 1. The number of benzene rings is 2. The zero-order valence-electron chi connectivity index (χ0n) is 10.7. The molecule has 1 aliphatic heterocycles. The molecule has 0 aromatic heterocycles. The summed E-state index contributed by atoms with van der Waals surface area (Å²) in [5, 5.41) is 6.15. The Bertz CT molecular complexity index is 709. The normalized spacial score (nSPS) is 14.3. The van der Waals surface area contributed by atoms with Crippen molar-refractivity contribution in [3.63, 3.8) is 0 Å². The van der Waals surface area contributed by atoms with Gasteiger partial charge in [-0.25, -0.2) is 8.78 Å². The lowest BCUT2D eigenvalue weighted by Gasteiger charge is -2.25. The lowest BCUT2D eigenvalue weighted by Crippen LogP contribution is -2.35. The maximum atomic E-state index is 13.0. The van der Waals surface area contributed by atoms with Crippen LogP contribution in [0.2, 0.25) is 0 Å². The predicted octanol–water partition coefficient (Wildman–Crippen LogP) is 3.77. The smallest absolute Gasteiger partial charge is 0.124 e. The molecule has 2 aromatic carbocycles. The molecule has 0 fully saturated rings. The number of halogens is 3. The molecule has 0 atom stereocenters. The summed E-state index contributed by atoms with van der Waals surface area (Å²) in [6.07, 6.45) is 1.63. The van der Waals surface area contributed by atoms with Crippen LogP contribution in [0.3, 0.4) is 0 Å². The van der Waals surface area contributed by atoms with Gasteiger partial charge >= 0.3 is 0 Å². The fourth-order valence-corrected chi connectivity index (χ4v) is 2.06. The summed E-state index contributed by atoms with van der Waals surface area (Å²) < 4.78 is 25.9. The van der Waals surface area contributed by atoms with Crippen LogP contribution in [-0.2, 0) is 0 Å². The van der Waals surface area contributed by atoms with Gasteiger partial charge in [-0.3, -0.25) is 5.43 Å². The highest BCUT2D eigenvalue weighted by Gasteiger charge is 2.14. The third-order valence-corrected chi connectivity index (χ3v) is 3.09. The highest BCUT2D eigenvalue weighted by atomic mass is 35.5. The second-order valence-corrected chi connectivity index (χ2v) is 4.79. The molecular formula is C15H10ClF2N3. The summed E-state index contributed by atoms with van der Waals surface area (Å²) in [6.45, 7) is 0. The van der Waals surface area contributed by atoms with Crippen LogP contribution in [0, 0.1) is 11.6 Å². The van der Waals surface area contributed by atoms with Gasteiger partial charge in [0.2, 0.25) is 0 Å². The molecule has 0 bridgehead atoms. The van der Waals surface area contributed by atoms with E-state index in [4.69, 9.17) is 11.6 Å². The molecule has 6 heteroatoms. The summed E-state index contributed by atoms with van der Waals surface area (Å²) in [4.78, 5) is 0. The lowest BCUT2D eigenvalue weighted by atomic mass is 10.1. The molecule has 21 heavy (non-hydrogen) atoms. The molecule has 3 nitrogen and oxygen atoms in total. The first-order valence-corrected chi connectivity index (χ1v) is 6.54. The molecule has 2 aromatic rings. The first-order chi connectivity index (χ1) is 10.1. The van der Waals surface area contributed by atoms with Crippen LogP contribution in [0.5, 0.6) is 0 Å². The first-order valence-electron chi connectivity index (χ1n) is 6.16. The molecule has 1 heterocycles. The number of anilines is 1. The molecule has 0 spiro atoms. The van der Waals surface area contributed by atoms with Crippen molar-refractivity contribution in [2.75, 3.05) is 5.12 Å². The average Bonchev–Trinajstić information content (AvgIpc) is 2.48. The summed E-state index contributed by atoms with van der Waals surface area (Å²) in [5.74, 6) is -0.654. The fourth-order valence-electron chi connectivity index (χ4n) is 1.88. The van der Waals surface area contributed by atoms with Gasteiger partial charge in [0, 0.05) is 11.6 Å². The maximum Gasteiger partial charge on any atom is 0.124 e. The van der Waals surface area contributed by atoms with Crippen molar-refractivity contribution in [3.8, 4) is 0 Å². The second kappa shape index (κ2) is 5.54. The van der Waals surface area contributed by atoms with Gasteiger partial charge in [-0.1, -0.05) is 11.6 Å². The van der Waals surface area contributed by atoms with Crippen LogP contribution < -0.4 is 10.5 Å². The molecule has 1 N–H and O–H groups in total. The second-order valence-electron chi connectivity index (χ2n) is 4.38. The number of rotatable bonds is 2. The van der Waals surface area contributed by atoms with Crippen molar-refractivity contribution in [2.24, 2.45) is 5.10 Å². The van der Waals surface area contributed by atoms with Crippen LogP contribution >= 0.6 is 11.6 Å². The molecule has 0 radical (unpaired) electrons. The molecule has 0 aliphatic carbocycles. The molecule has 106 valence electrons. The van der Waals surface area contributed by atoms with E-state index >= 15 is 0 Å². The monoisotopic (exact) mass is 305 g/mol. The average molecular weight is 306 g/mol. The third-order valence-electron chi connectivity index (χ3n) is 2.90. The lowest BCUT2D eigenvalue weighted by molar-refractivity contribution is 0.627. The van der Waals surface area contributed by atoms with Crippen LogP contribution in [0.25, 0.3) is 0 Å². The predicted molar refractivity (Wildman–Crippen MR) is 78.9 cm³/mol. The fraction of sp³-hybridized carbons (Fsp3) is 0. The molecule has 1 aliphatic rings. The summed E-state index contributed by atoms with van der Waals surface area (Å²) in [5.41, 5.74) is 4.76. The van der Waals surface area contributed by atoms with Gasteiger partial charge in [0.25, 0.3) is 0 Å². The Morgan fingerprint density at radius 1 is 0.905 bits per heavy atom. The summed E-state index contributed by atoms with van der Waals surface area (Å²) in [7, 11) is 0. The molecule has 0 unspecified atom stereocenters. The van der Waals surface area contributed by atoms with E-state index in [0.717, 1.165) is 5.56 Å². The highest BCUT2D eigenvalue weighted by Crippen LogP contribution is 2.20. The van der Waals surface area contributed by atoms with Crippen molar-refractivity contribution in [3.05, 3.63) is 77.0 Å². The maximum absolute atomic E-state index is 13.0. The van der Waals surface area contributed by atoms with E-state index in [1.807, 2.05) is 0 Å². The van der Waals surface area contributed by atoms with Crippen LogP contribution in [0.1, 0.15) is 5.56 Å². The standard InChI is InChI=1S/C15H10ClF2N3/c16-15-9-14(10-1-3-11(17)4-2-10)19-21(20-15)13-7-5-12(18)6-8-13/h1-9,20H. The van der Waals surface area contributed by atoms with Gasteiger partial charge in [-0.15, -0.1) is 0 Å². The number of hydrogen-bond donors (Lipinski definition) is 1. The largest absolute Gasteiger partial charge is 0.267 e. The van der Waals surface area contributed by atoms with Crippen molar-refractivity contribution in [2.45, 2.75) is 0 Å². The molecule has 0 saturated heterocycles. The molecule has 3 rings (SSSR count). The Balaban J connectivity index is 1.95. The minimum absolute atomic E-state index is 0.321. The SMILES string of the molecule is Fc1ccc(C2=NN(c3ccc(F)cc3)NC(Cl)=C2)cc1. The zero-order valence-corrected chi connectivity index (χ0v) is 11.5. The number of nitrogens with one attached hydrogen (secondary N) is 1. The minimum atomic E-state index is -0.333. The van der Waals surface area contributed by atoms with Crippen molar-refractivity contribution < 1.29 is 8.78 Å². The van der Waals surface area contributed by atoms with E-state index in [1.54, 1.807) is 30.3 Å². The van der Waals surface area contributed by atoms with Gasteiger partial charge < -0.3 is 0 Å². The van der Waals surface area contributed by atoms with Crippen LogP contribution in [0.15, 0.2) is 64.9 Å². The molecule has 0 saturated carbocycles. The third kappa shape index (κ3) is 3.03. The van der Waals surface area contributed by atoms with E-state index < -0.39 is 0 Å². The van der Waals surface area contributed by atoms with E-state index in [2.05, 4.69) is 10.5 Å². The zero-order chi connectivity index (χ0) is 14.8. The number of nitrogens with zero attached hydrogens (tertiary/aromatic N) is 2. The van der Waals surface area contributed by atoms with Crippen LogP contribution in [-0.4, -0.2) is 5.71 Å². The Labute approximate surface area is 125 Å². The topological polar surface area (TPSA) is 27.6 Å². The Kier molecular flexibility index (Phi) is 3.58. The van der Waals surface area contributed by atoms with Gasteiger partial charge in [-0.05, 0) is 48.5 Å².